The predicted octanol–water partition coefficient (Wildman–Crippen LogP) is 3.95. The molecule has 5 rings (SSSR count). The lowest BCUT2D eigenvalue weighted by molar-refractivity contribution is 0.123. The number of anilines is 1. The molecule has 0 bridgehead atoms. The molecule has 0 saturated carbocycles. The van der Waals surface area contributed by atoms with Crippen LogP contribution < -0.4 is 10.5 Å². The van der Waals surface area contributed by atoms with E-state index in [0.29, 0.717) is 35.5 Å². The van der Waals surface area contributed by atoms with Crippen LogP contribution in [0.3, 0.4) is 0 Å². The van der Waals surface area contributed by atoms with Crippen molar-refractivity contribution in [3.05, 3.63) is 70.9 Å². The van der Waals surface area contributed by atoms with Gasteiger partial charge in [0.05, 0.1) is 40.7 Å². The molecule has 0 amide bonds. The van der Waals surface area contributed by atoms with Crippen LogP contribution in [0.4, 0.5) is 14.6 Å². The molecule has 1 aliphatic rings. The standard InChI is InChI=1S/C22H19F2N5O/c23-19(24)13-29-21(27-15-7-2-1-6-14(15)22(29)30)18-10-5-11-28(18)20-12-25-16-8-3-4-9-17(16)26-20/h1-4,6-9,12,18-19H,5,10-11,13H2. The van der Waals surface area contributed by atoms with Crippen molar-refractivity contribution in [3.8, 4) is 0 Å². The fourth-order valence-electron chi connectivity index (χ4n) is 4.15. The summed E-state index contributed by atoms with van der Waals surface area (Å²) in [5.74, 6) is 1.01. The Morgan fingerprint density at radius 1 is 1.00 bits per heavy atom. The second-order valence-corrected chi connectivity index (χ2v) is 7.36. The average Bonchev–Trinajstić information content (AvgIpc) is 3.25. The summed E-state index contributed by atoms with van der Waals surface area (Å²) >= 11 is 0. The molecule has 30 heavy (non-hydrogen) atoms. The van der Waals surface area contributed by atoms with Crippen LogP contribution >= 0.6 is 0 Å². The number of fused-ring (bicyclic) bond motifs is 2. The van der Waals surface area contributed by atoms with Crippen molar-refractivity contribution in [2.75, 3.05) is 11.4 Å². The van der Waals surface area contributed by atoms with Crippen molar-refractivity contribution in [1.82, 2.24) is 19.5 Å². The van der Waals surface area contributed by atoms with Gasteiger partial charge in [-0.3, -0.25) is 14.3 Å². The van der Waals surface area contributed by atoms with E-state index in [9.17, 15) is 13.6 Å². The summed E-state index contributed by atoms with van der Waals surface area (Å²) in [5.41, 5.74) is 1.62. The molecule has 4 aromatic rings. The van der Waals surface area contributed by atoms with E-state index >= 15 is 0 Å². The number of nitrogens with zero attached hydrogens (tertiary/aromatic N) is 5. The number of hydrogen-bond donors (Lipinski definition) is 0. The van der Waals surface area contributed by atoms with E-state index in [-0.39, 0.29) is 6.04 Å². The van der Waals surface area contributed by atoms with Gasteiger partial charge in [-0.1, -0.05) is 24.3 Å². The molecule has 152 valence electrons. The van der Waals surface area contributed by atoms with Crippen LogP contribution in [0.15, 0.2) is 59.5 Å². The SMILES string of the molecule is O=c1c2ccccc2nc(C2CCCN2c2cnc3ccccc3n2)n1CC(F)F. The first-order chi connectivity index (χ1) is 14.6. The monoisotopic (exact) mass is 407 g/mol. The molecule has 8 heteroatoms. The fraction of sp³-hybridized carbons (Fsp3) is 0.273. The van der Waals surface area contributed by atoms with Crippen LogP contribution in [0.2, 0.25) is 0 Å². The highest BCUT2D eigenvalue weighted by atomic mass is 19.3. The zero-order chi connectivity index (χ0) is 20.7. The van der Waals surface area contributed by atoms with Gasteiger partial charge < -0.3 is 4.90 Å². The molecule has 1 unspecified atom stereocenters. The Bertz CT molecular complexity index is 1290. The Morgan fingerprint density at radius 3 is 2.53 bits per heavy atom. The molecule has 2 aromatic carbocycles. The Kier molecular flexibility index (Phi) is 4.61. The molecule has 1 atom stereocenters. The highest BCUT2D eigenvalue weighted by Crippen LogP contribution is 2.35. The third kappa shape index (κ3) is 3.18. The third-order valence-corrected chi connectivity index (χ3v) is 5.49. The molecule has 1 aliphatic heterocycles. The number of aromatic nitrogens is 4. The van der Waals surface area contributed by atoms with E-state index < -0.39 is 18.5 Å². The maximum atomic E-state index is 13.3. The van der Waals surface area contributed by atoms with Crippen LogP contribution in [0.1, 0.15) is 24.7 Å². The van der Waals surface area contributed by atoms with Gasteiger partial charge >= 0.3 is 0 Å². The number of benzene rings is 2. The highest BCUT2D eigenvalue weighted by molar-refractivity contribution is 5.78. The maximum Gasteiger partial charge on any atom is 0.261 e. The summed E-state index contributed by atoms with van der Waals surface area (Å²) in [7, 11) is 0. The van der Waals surface area contributed by atoms with Gasteiger partial charge in [-0.15, -0.1) is 0 Å². The van der Waals surface area contributed by atoms with E-state index in [1.807, 2.05) is 29.2 Å². The normalized spacial score (nSPS) is 16.8. The number of hydrogen-bond acceptors (Lipinski definition) is 5. The fourth-order valence-corrected chi connectivity index (χ4v) is 4.15. The predicted molar refractivity (Wildman–Crippen MR) is 111 cm³/mol. The molecule has 6 nitrogen and oxygen atoms in total. The summed E-state index contributed by atoms with van der Waals surface area (Å²) in [4.78, 5) is 28.9. The summed E-state index contributed by atoms with van der Waals surface area (Å²) in [6, 6.07) is 14.1. The largest absolute Gasteiger partial charge is 0.345 e. The molecular formula is C22H19F2N5O. The van der Waals surface area contributed by atoms with E-state index in [4.69, 9.17) is 4.98 Å². The van der Waals surface area contributed by atoms with Crippen LogP contribution in [0, 0.1) is 0 Å². The lowest BCUT2D eigenvalue weighted by atomic mass is 10.1. The summed E-state index contributed by atoms with van der Waals surface area (Å²) < 4.78 is 27.8. The molecule has 0 radical (unpaired) electrons. The number of rotatable bonds is 4. The van der Waals surface area contributed by atoms with Crippen molar-refractivity contribution >= 4 is 27.8 Å². The number of alkyl halides is 2. The average molecular weight is 407 g/mol. The summed E-state index contributed by atoms with van der Waals surface area (Å²) in [6.07, 6.45) is 0.579. The quantitative estimate of drug-likeness (QED) is 0.513. The molecular weight excluding hydrogens is 388 g/mol. The van der Waals surface area contributed by atoms with Gasteiger partial charge in [0.1, 0.15) is 11.6 Å². The topological polar surface area (TPSA) is 63.9 Å². The van der Waals surface area contributed by atoms with Crippen LogP contribution in [0.5, 0.6) is 0 Å². The molecule has 2 aromatic heterocycles. The second kappa shape index (κ2) is 7.44. The van der Waals surface area contributed by atoms with Crippen molar-refractivity contribution in [2.45, 2.75) is 31.9 Å². The Morgan fingerprint density at radius 2 is 1.73 bits per heavy atom. The molecule has 3 heterocycles. The zero-order valence-electron chi connectivity index (χ0n) is 16.1. The molecule has 0 spiro atoms. The van der Waals surface area contributed by atoms with E-state index in [0.717, 1.165) is 22.0 Å². The van der Waals surface area contributed by atoms with Gasteiger partial charge in [-0.2, -0.15) is 0 Å². The van der Waals surface area contributed by atoms with E-state index in [2.05, 4.69) is 9.97 Å². The Balaban J connectivity index is 1.65. The first-order valence-corrected chi connectivity index (χ1v) is 9.88. The molecule has 0 N–H and O–H groups in total. The zero-order valence-corrected chi connectivity index (χ0v) is 16.1. The van der Waals surface area contributed by atoms with Crippen LogP contribution in [-0.4, -0.2) is 32.5 Å². The van der Waals surface area contributed by atoms with Gasteiger partial charge in [-0.25, -0.2) is 18.7 Å². The van der Waals surface area contributed by atoms with Crippen LogP contribution in [0.25, 0.3) is 21.9 Å². The lowest BCUT2D eigenvalue weighted by Gasteiger charge is -2.27. The van der Waals surface area contributed by atoms with Gasteiger partial charge in [0.15, 0.2) is 0 Å². The van der Waals surface area contributed by atoms with Gasteiger partial charge in [-0.05, 0) is 37.1 Å². The van der Waals surface area contributed by atoms with Crippen LogP contribution in [-0.2, 0) is 6.54 Å². The molecule has 1 fully saturated rings. The van der Waals surface area contributed by atoms with Gasteiger partial charge in [0, 0.05) is 6.54 Å². The minimum Gasteiger partial charge on any atom is -0.345 e. The second-order valence-electron chi connectivity index (χ2n) is 7.36. The molecule has 0 aliphatic carbocycles. The van der Waals surface area contributed by atoms with Crippen molar-refractivity contribution < 1.29 is 8.78 Å². The first-order valence-electron chi connectivity index (χ1n) is 9.88. The van der Waals surface area contributed by atoms with Gasteiger partial charge in [0.2, 0.25) is 0 Å². The smallest absolute Gasteiger partial charge is 0.261 e. The van der Waals surface area contributed by atoms with Crippen molar-refractivity contribution in [2.24, 2.45) is 0 Å². The maximum absolute atomic E-state index is 13.3. The van der Waals surface area contributed by atoms with Gasteiger partial charge in [0.25, 0.3) is 12.0 Å². The summed E-state index contributed by atoms with van der Waals surface area (Å²) in [5, 5.41) is 0.344. The van der Waals surface area contributed by atoms with E-state index in [1.165, 1.54) is 0 Å². The lowest BCUT2D eigenvalue weighted by Crippen LogP contribution is -2.34. The third-order valence-electron chi connectivity index (χ3n) is 5.49. The Hall–Kier alpha value is -3.42. The number of para-hydroxylation sites is 3. The van der Waals surface area contributed by atoms with Crippen molar-refractivity contribution in [1.29, 1.82) is 0 Å². The highest BCUT2D eigenvalue weighted by Gasteiger charge is 2.32. The first kappa shape index (κ1) is 18.6. The number of halogens is 2. The minimum atomic E-state index is -2.65. The van der Waals surface area contributed by atoms with E-state index in [1.54, 1.807) is 30.5 Å². The minimum absolute atomic E-state index is 0.323. The van der Waals surface area contributed by atoms with Crippen molar-refractivity contribution in [3.63, 3.8) is 0 Å². The Labute approximate surface area is 170 Å². The summed E-state index contributed by atoms with van der Waals surface area (Å²) in [6.45, 7) is 0.00873. The molecule has 1 saturated heterocycles.